The van der Waals surface area contributed by atoms with Gasteiger partial charge in [0, 0.05) is 5.56 Å². The number of hydrogen-bond acceptors (Lipinski definition) is 3. The van der Waals surface area contributed by atoms with Crippen LogP contribution in [0.5, 0.6) is 5.75 Å². The van der Waals surface area contributed by atoms with E-state index in [2.05, 4.69) is 0 Å². The van der Waals surface area contributed by atoms with Crippen LogP contribution in [0.15, 0.2) is 24.3 Å². The molecule has 68 valence electrons. The van der Waals surface area contributed by atoms with Crippen molar-refractivity contribution in [1.29, 1.82) is 0 Å². The molecule has 3 heteroatoms. The van der Waals surface area contributed by atoms with Crippen molar-refractivity contribution in [3.05, 3.63) is 35.4 Å². The second-order valence-corrected chi connectivity index (χ2v) is 3.07. The molecule has 0 radical (unpaired) electrons. The molecular formula is C10H10O3. The summed E-state index contributed by atoms with van der Waals surface area (Å²) >= 11 is 0. The molecule has 0 bridgehead atoms. The van der Waals surface area contributed by atoms with Crippen LogP contribution in [0.4, 0.5) is 0 Å². The molecule has 0 amide bonds. The number of rotatable bonds is 0. The lowest BCUT2D eigenvalue weighted by atomic mass is 9.92. The smallest absolute Gasteiger partial charge is 0.123 e. The summed E-state index contributed by atoms with van der Waals surface area (Å²) in [7, 11) is 0. The second kappa shape index (κ2) is 2.87. The van der Waals surface area contributed by atoms with Gasteiger partial charge < -0.3 is 15.3 Å². The third-order valence-corrected chi connectivity index (χ3v) is 2.22. The first kappa shape index (κ1) is 8.29. The van der Waals surface area contributed by atoms with Crippen molar-refractivity contribution in [2.24, 2.45) is 0 Å². The molecule has 0 spiro atoms. The summed E-state index contributed by atoms with van der Waals surface area (Å²) in [5, 5.41) is 28.3. The lowest BCUT2D eigenvalue weighted by Gasteiger charge is -2.21. The largest absolute Gasteiger partial charge is 0.507 e. The quantitative estimate of drug-likeness (QED) is 0.551. The van der Waals surface area contributed by atoms with E-state index in [1.54, 1.807) is 24.3 Å². The molecule has 2 unspecified atom stereocenters. The lowest BCUT2D eigenvalue weighted by molar-refractivity contribution is 0.0468. The Balaban J connectivity index is 2.58. The van der Waals surface area contributed by atoms with Gasteiger partial charge in [-0.1, -0.05) is 24.3 Å². The Morgan fingerprint density at radius 1 is 1.15 bits per heavy atom. The monoisotopic (exact) mass is 178 g/mol. The minimum Gasteiger partial charge on any atom is -0.507 e. The van der Waals surface area contributed by atoms with E-state index in [1.807, 2.05) is 0 Å². The number of aliphatic hydroxyl groups excluding tert-OH is 2. The predicted octanol–water partition coefficient (Wildman–Crippen LogP) is 0.813. The highest BCUT2D eigenvalue weighted by Crippen LogP contribution is 2.32. The number of aromatic hydroxyl groups is 1. The fourth-order valence-electron chi connectivity index (χ4n) is 1.49. The number of fused-ring (bicyclic) bond motifs is 1. The van der Waals surface area contributed by atoms with E-state index in [1.165, 1.54) is 6.08 Å². The summed E-state index contributed by atoms with van der Waals surface area (Å²) in [6, 6.07) is 4.88. The topological polar surface area (TPSA) is 60.7 Å². The minimum absolute atomic E-state index is 0.125. The van der Waals surface area contributed by atoms with Gasteiger partial charge in [0.1, 0.15) is 18.0 Å². The first-order valence-electron chi connectivity index (χ1n) is 4.06. The van der Waals surface area contributed by atoms with Crippen LogP contribution in [0.1, 0.15) is 17.2 Å². The maximum Gasteiger partial charge on any atom is 0.123 e. The van der Waals surface area contributed by atoms with Crippen LogP contribution in [0, 0.1) is 0 Å². The van der Waals surface area contributed by atoms with Crippen molar-refractivity contribution in [3.8, 4) is 5.75 Å². The van der Waals surface area contributed by atoms with Gasteiger partial charge in [-0.3, -0.25) is 0 Å². The van der Waals surface area contributed by atoms with Crippen LogP contribution in [-0.4, -0.2) is 21.4 Å². The summed E-state index contributed by atoms with van der Waals surface area (Å²) in [5.41, 5.74) is 1.15. The van der Waals surface area contributed by atoms with E-state index in [0.29, 0.717) is 11.1 Å². The zero-order valence-corrected chi connectivity index (χ0v) is 6.88. The molecule has 0 fully saturated rings. The van der Waals surface area contributed by atoms with Crippen molar-refractivity contribution in [2.45, 2.75) is 12.2 Å². The van der Waals surface area contributed by atoms with Gasteiger partial charge in [0.25, 0.3) is 0 Å². The normalized spacial score (nSPS) is 25.7. The van der Waals surface area contributed by atoms with E-state index in [0.717, 1.165) is 0 Å². The first-order chi connectivity index (χ1) is 6.20. The Morgan fingerprint density at radius 2 is 1.92 bits per heavy atom. The summed E-state index contributed by atoms with van der Waals surface area (Å²) in [6.07, 6.45) is 1.26. The average Bonchev–Trinajstić information content (AvgIpc) is 2.12. The highest BCUT2D eigenvalue weighted by Gasteiger charge is 2.23. The number of phenols is 1. The summed E-state index contributed by atoms with van der Waals surface area (Å²) in [4.78, 5) is 0. The van der Waals surface area contributed by atoms with Crippen LogP contribution in [0.2, 0.25) is 0 Å². The number of phenolic OH excluding ortho intramolecular Hbond substituents is 1. The average molecular weight is 178 g/mol. The van der Waals surface area contributed by atoms with E-state index in [-0.39, 0.29) is 5.75 Å². The van der Waals surface area contributed by atoms with Crippen LogP contribution in [-0.2, 0) is 0 Å². The highest BCUT2D eigenvalue weighted by molar-refractivity contribution is 5.64. The molecule has 0 saturated carbocycles. The molecule has 2 atom stereocenters. The fourth-order valence-corrected chi connectivity index (χ4v) is 1.49. The second-order valence-electron chi connectivity index (χ2n) is 3.07. The fraction of sp³-hybridized carbons (Fsp3) is 0.200. The Morgan fingerprint density at radius 3 is 2.69 bits per heavy atom. The maximum atomic E-state index is 9.54. The molecule has 2 rings (SSSR count). The molecule has 1 aromatic rings. The SMILES string of the molecule is Oc1cccc2c1C=CC(O)C2O. The van der Waals surface area contributed by atoms with Gasteiger partial charge in [-0.05, 0) is 11.6 Å². The zero-order valence-electron chi connectivity index (χ0n) is 6.88. The molecule has 0 saturated heterocycles. The Labute approximate surface area is 75.6 Å². The van der Waals surface area contributed by atoms with Gasteiger partial charge in [0.05, 0.1) is 0 Å². The number of aliphatic hydroxyl groups is 2. The Kier molecular flexibility index (Phi) is 1.83. The van der Waals surface area contributed by atoms with Crippen molar-refractivity contribution in [3.63, 3.8) is 0 Å². The molecule has 0 aliphatic heterocycles. The van der Waals surface area contributed by atoms with Gasteiger partial charge in [-0.15, -0.1) is 0 Å². The van der Waals surface area contributed by atoms with E-state index in [4.69, 9.17) is 0 Å². The molecular weight excluding hydrogens is 168 g/mol. The lowest BCUT2D eigenvalue weighted by Crippen LogP contribution is -2.19. The Hall–Kier alpha value is -1.32. The van der Waals surface area contributed by atoms with Crippen LogP contribution < -0.4 is 0 Å². The van der Waals surface area contributed by atoms with Crippen molar-refractivity contribution >= 4 is 6.08 Å². The van der Waals surface area contributed by atoms with Crippen molar-refractivity contribution < 1.29 is 15.3 Å². The molecule has 3 nitrogen and oxygen atoms in total. The van der Waals surface area contributed by atoms with Crippen LogP contribution in [0.3, 0.4) is 0 Å². The van der Waals surface area contributed by atoms with E-state index >= 15 is 0 Å². The number of benzene rings is 1. The zero-order chi connectivity index (χ0) is 9.42. The molecule has 1 aliphatic carbocycles. The van der Waals surface area contributed by atoms with Crippen LogP contribution in [0.25, 0.3) is 6.08 Å². The Bertz CT molecular complexity index is 357. The van der Waals surface area contributed by atoms with Gasteiger partial charge in [-0.2, -0.15) is 0 Å². The summed E-state index contributed by atoms with van der Waals surface area (Å²) in [6.45, 7) is 0. The summed E-state index contributed by atoms with van der Waals surface area (Å²) in [5.74, 6) is 0.125. The van der Waals surface area contributed by atoms with Gasteiger partial charge in [-0.25, -0.2) is 0 Å². The molecule has 0 aromatic heterocycles. The van der Waals surface area contributed by atoms with Gasteiger partial charge in [0.15, 0.2) is 0 Å². The molecule has 1 aromatic carbocycles. The molecule has 13 heavy (non-hydrogen) atoms. The minimum atomic E-state index is -0.938. The molecule has 0 heterocycles. The van der Waals surface area contributed by atoms with Gasteiger partial charge >= 0.3 is 0 Å². The maximum absolute atomic E-state index is 9.54. The third-order valence-electron chi connectivity index (χ3n) is 2.22. The first-order valence-corrected chi connectivity index (χ1v) is 4.06. The third kappa shape index (κ3) is 1.22. The van der Waals surface area contributed by atoms with E-state index in [9.17, 15) is 15.3 Å². The molecule has 3 N–H and O–H groups in total. The van der Waals surface area contributed by atoms with E-state index < -0.39 is 12.2 Å². The number of hydrogen-bond donors (Lipinski definition) is 3. The highest BCUT2D eigenvalue weighted by atomic mass is 16.3. The van der Waals surface area contributed by atoms with Crippen molar-refractivity contribution in [1.82, 2.24) is 0 Å². The van der Waals surface area contributed by atoms with Gasteiger partial charge in [0.2, 0.25) is 0 Å². The predicted molar refractivity (Wildman–Crippen MR) is 48.1 cm³/mol. The molecule has 1 aliphatic rings. The summed E-state index contributed by atoms with van der Waals surface area (Å²) < 4.78 is 0. The van der Waals surface area contributed by atoms with Crippen molar-refractivity contribution in [2.75, 3.05) is 0 Å². The van der Waals surface area contributed by atoms with Crippen LogP contribution >= 0.6 is 0 Å². The standard InChI is InChI=1S/C10H10O3/c11-8-3-1-2-7-6(8)4-5-9(12)10(7)13/h1-5,9-13H.